The molecule has 0 fully saturated rings. The Hall–Kier alpha value is -3.66. The smallest absolute Gasteiger partial charge is 0.145 e. The van der Waals surface area contributed by atoms with E-state index in [0.29, 0.717) is 0 Å². The van der Waals surface area contributed by atoms with Gasteiger partial charge in [0, 0.05) is 22.5 Å². The topological polar surface area (TPSA) is 39.9 Å². The van der Waals surface area contributed by atoms with Crippen LogP contribution in [0.25, 0.3) is 38.8 Å². The first-order valence-corrected chi connectivity index (χ1v) is 9.80. The number of pyridine rings is 1. The second-order valence-electron chi connectivity index (χ2n) is 6.99. The van der Waals surface area contributed by atoms with Crippen molar-refractivity contribution in [3.05, 3.63) is 84.6 Å². The van der Waals surface area contributed by atoms with Gasteiger partial charge in [0.2, 0.25) is 0 Å². The monoisotopic (exact) mass is 379 g/mol. The number of hydrogen-bond donors (Lipinski definition) is 0. The molecule has 2 aromatic heterocycles. The fourth-order valence-corrected chi connectivity index (χ4v) is 3.95. The number of ether oxygens (including phenoxy) is 1. The fraction of sp³-hybridized carbons (Fsp3) is 0.120. The number of hydrogen-bond acceptors (Lipinski definition) is 3. The maximum Gasteiger partial charge on any atom is 0.145 e. The van der Waals surface area contributed by atoms with Crippen LogP contribution in [0.3, 0.4) is 0 Å². The van der Waals surface area contributed by atoms with Gasteiger partial charge in [0.15, 0.2) is 0 Å². The molecule has 0 unspecified atom stereocenters. The lowest BCUT2D eigenvalue weighted by atomic mass is 10.1. The van der Waals surface area contributed by atoms with E-state index >= 15 is 0 Å². The Morgan fingerprint density at radius 3 is 2.45 bits per heavy atom. The Kier molecular flexibility index (Phi) is 4.24. The van der Waals surface area contributed by atoms with Crippen LogP contribution in [0.5, 0.6) is 5.75 Å². The first-order chi connectivity index (χ1) is 14.3. The Labute approximate surface area is 169 Å². The Bertz CT molecular complexity index is 1320. The molecule has 4 heteroatoms. The summed E-state index contributed by atoms with van der Waals surface area (Å²) < 4.78 is 7.64. The lowest BCUT2D eigenvalue weighted by molar-refractivity contribution is 0.419. The largest absolute Gasteiger partial charge is 0.494 e. The van der Waals surface area contributed by atoms with Crippen molar-refractivity contribution < 1.29 is 4.74 Å². The minimum absolute atomic E-state index is 0.766. The summed E-state index contributed by atoms with van der Waals surface area (Å²) in [6.45, 7) is 2.17. The molecule has 29 heavy (non-hydrogen) atoms. The van der Waals surface area contributed by atoms with E-state index in [1.165, 1.54) is 5.56 Å². The lowest BCUT2D eigenvalue weighted by Crippen LogP contribution is -2.01. The van der Waals surface area contributed by atoms with Gasteiger partial charge in [0.1, 0.15) is 17.0 Å². The minimum atomic E-state index is 0.766. The van der Waals surface area contributed by atoms with Crippen LogP contribution in [-0.4, -0.2) is 21.9 Å². The number of aromatic nitrogens is 3. The van der Waals surface area contributed by atoms with Crippen LogP contribution in [0, 0.1) is 0 Å². The van der Waals surface area contributed by atoms with E-state index in [-0.39, 0.29) is 0 Å². The minimum Gasteiger partial charge on any atom is -0.494 e. The first kappa shape index (κ1) is 17.4. The zero-order valence-corrected chi connectivity index (χ0v) is 16.5. The highest BCUT2D eigenvalue weighted by Gasteiger charge is 2.19. The first-order valence-electron chi connectivity index (χ1n) is 9.80. The average Bonchev–Trinajstić information content (AvgIpc) is 3.19. The second-order valence-corrected chi connectivity index (χ2v) is 6.99. The number of methoxy groups -OCH3 is 1. The molecule has 0 amide bonds. The van der Waals surface area contributed by atoms with Crippen LogP contribution in [0.15, 0.2) is 79.0 Å². The SMILES string of the molecule is CCc1ccccc1-n1nc(-c2ccccc2)c2cnc3c(OC)cccc3c21. The molecule has 0 bridgehead atoms. The summed E-state index contributed by atoms with van der Waals surface area (Å²) in [6.07, 6.45) is 2.85. The summed E-state index contributed by atoms with van der Waals surface area (Å²) in [7, 11) is 1.68. The number of rotatable bonds is 4. The second kappa shape index (κ2) is 7.06. The molecule has 0 aliphatic rings. The quantitative estimate of drug-likeness (QED) is 0.395. The molecule has 0 spiro atoms. The van der Waals surface area contributed by atoms with E-state index in [1.54, 1.807) is 7.11 Å². The van der Waals surface area contributed by atoms with Crippen molar-refractivity contribution >= 4 is 21.8 Å². The molecule has 4 nitrogen and oxygen atoms in total. The predicted octanol–water partition coefficient (Wildman–Crippen LogP) is 5.81. The third-order valence-corrected chi connectivity index (χ3v) is 5.37. The summed E-state index contributed by atoms with van der Waals surface area (Å²) in [6, 6.07) is 24.8. The molecule has 0 N–H and O–H groups in total. The van der Waals surface area contributed by atoms with E-state index in [4.69, 9.17) is 14.8 Å². The van der Waals surface area contributed by atoms with Crippen LogP contribution in [0.4, 0.5) is 0 Å². The number of benzene rings is 3. The fourth-order valence-electron chi connectivity index (χ4n) is 3.95. The zero-order chi connectivity index (χ0) is 19.8. The maximum absolute atomic E-state index is 5.57. The molecule has 0 radical (unpaired) electrons. The van der Waals surface area contributed by atoms with Gasteiger partial charge in [-0.15, -0.1) is 0 Å². The number of aryl methyl sites for hydroxylation is 1. The van der Waals surface area contributed by atoms with E-state index in [9.17, 15) is 0 Å². The van der Waals surface area contributed by atoms with Gasteiger partial charge in [0.05, 0.1) is 18.3 Å². The molecular weight excluding hydrogens is 358 g/mol. The van der Waals surface area contributed by atoms with Gasteiger partial charge < -0.3 is 4.74 Å². The van der Waals surface area contributed by atoms with Gasteiger partial charge >= 0.3 is 0 Å². The van der Waals surface area contributed by atoms with Gasteiger partial charge in [-0.25, -0.2) is 4.68 Å². The van der Waals surface area contributed by atoms with Crippen LogP contribution >= 0.6 is 0 Å². The van der Waals surface area contributed by atoms with Crippen LogP contribution < -0.4 is 4.74 Å². The molecule has 3 aromatic carbocycles. The molecule has 5 rings (SSSR count). The Morgan fingerprint density at radius 2 is 1.66 bits per heavy atom. The van der Waals surface area contributed by atoms with E-state index in [0.717, 1.165) is 50.9 Å². The Morgan fingerprint density at radius 1 is 0.862 bits per heavy atom. The standard InChI is InChI=1S/C25H21N3O/c1-3-17-10-7-8-14-21(17)28-25-19-13-9-15-22(29-2)24(19)26-16-20(25)23(27-28)18-11-5-4-6-12-18/h4-16H,3H2,1-2H3. The summed E-state index contributed by atoms with van der Waals surface area (Å²) in [5.41, 5.74) is 6.26. The van der Waals surface area contributed by atoms with E-state index in [1.807, 2.05) is 36.5 Å². The third kappa shape index (κ3) is 2.76. The Balaban J connectivity index is 1.94. The molecule has 0 saturated carbocycles. The summed E-state index contributed by atoms with van der Waals surface area (Å²) in [5, 5.41) is 7.14. The molecule has 0 saturated heterocycles. The van der Waals surface area contributed by atoms with E-state index < -0.39 is 0 Å². The van der Waals surface area contributed by atoms with Crippen LogP contribution in [0.2, 0.25) is 0 Å². The van der Waals surface area contributed by atoms with Crippen LogP contribution in [0.1, 0.15) is 12.5 Å². The van der Waals surface area contributed by atoms with Gasteiger partial charge in [0.25, 0.3) is 0 Å². The highest BCUT2D eigenvalue weighted by atomic mass is 16.5. The molecule has 0 atom stereocenters. The predicted molar refractivity (Wildman–Crippen MR) is 118 cm³/mol. The van der Waals surface area contributed by atoms with Crippen molar-refractivity contribution in [2.24, 2.45) is 0 Å². The molecule has 0 aliphatic carbocycles. The van der Waals surface area contributed by atoms with Crippen molar-refractivity contribution in [1.29, 1.82) is 0 Å². The molecule has 0 aliphatic heterocycles. The summed E-state index contributed by atoms with van der Waals surface area (Å²) in [4.78, 5) is 4.74. The van der Waals surface area contributed by atoms with E-state index in [2.05, 4.69) is 54.1 Å². The van der Waals surface area contributed by atoms with Crippen molar-refractivity contribution in [2.45, 2.75) is 13.3 Å². The normalized spacial score (nSPS) is 11.2. The highest BCUT2D eigenvalue weighted by Crippen LogP contribution is 2.36. The van der Waals surface area contributed by atoms with Gasteiger partial charge in [-0.2, -0.15) is 5.10 Å². The van der Waals surface area contributed by atoms with Gasteiger partial charge in [-0.05, 0) is 24.1 Å². The summed E-state index contributed by atoms with van der Waals surface area (Å²) in [5.74, 6) is 0.766. The number of nitrogens with zero attached hydrogens (tertiary/aromatic N) is 3. The number of para-hydroxylation sites is 2. The number of fused-ring (bicyclic) bond motifs is 3. The maximum atomic E-state index is 5.57. The summed E-state index contributed by atoms with van der Waals surface area (Å²) >= 11 is 0. The molecule has 142 valence electrons. The molecular formula is C25H21N3O. The lowest BCUT2D eigenvalue weighted by Gasteiger charge is -2.11. The van der Waals surface area contributed by atoms with Crippen molar-refractivity contribution in [2.75, 3.05) is 7.11 Å². The van der Waals surface area contributed by atoms with Crippen LogP contribution in [-0.2, 0) is 6.42 Å². The van der Waals surface area contributed by atoms with Crippen molar-refractivity contribution in [3.63, 3.8) is 0 Å². The highest BCUT2D eigenvalue weighted by molar-refractivity contribution is 6.10. The van der Waals surface area contributed by atoms with Crippen molar-refractivity contribution in [3.8, 4) is 22.7 Å². The zero-order valence-electron chi connectivity index (χ0n) is 16.5. The molecule has 2 heterocycles. The average molecular weight is 379 g/mol. The van der Waals surface area contributed by atoms with Gasteiger partial charge in [-0.1, -0.05) is 67.6 Å². The van der Waals surface area contributed by atoms with Gasteiger partial charge in [-0.3, -0.25) is 4.98 Å². The van der Waals surface area contributed by atoms with Crippen molar-refractivity contribution in [1.82, 2.24) is 14.8 Å². The molecule has 5 aromatic rings. The third-order valence-electron chi connectivity index (χ3n) is 5.37.